The van der Waals surface area contributed by atoms with Gasteiger partial charge in [0.1, 0.15) is 5.75 Å². The van der Waals surface area contributed by atoms with Crippen LogP contribution in [0, 0.1) is 24.0 Å². The Hall–Kier alpha value is -3.46. The lowest BCUT2D eigenvalue weighted by atomic mass is 10.2. The fourth-order valence-corrected chi connectivity index (χ4v) is 3.50. The molecule has 0 saturated carbocycles. The van der Waals surface area contributed by atoms with Gasteiger partial charge in [0.15, 0.2) is 0 Å². The number of carbonyl (C=O) groups excluding carboxylic acids is 1. The standard InChI is InChI=1S/C21H19BrN4O4/c1-13-9-15(14(2)25(13)17-5-4-6-18(11-17)26(28)29)12-23-24-21(27)19-10-16(22)7-8-20(19)30-3/h4-12H,1-3H3,(H,24,27). The van der Waals surface area contributed by atoms with E-state index in [0.29, 0.717) is 17.0 Å². The first-order valence-corrected chi connectivity index (χ1v) is 9.72. The first kappa shape index (κ1) is 21.3. The van der Waals surface area contributed by atoms with Gasteiger partial charge in [-0.25, -0.2) is 5.43 Å². The van der Waals surface area contributed by atoms with E-state index in [2.05, 4.69) is 26.5 Å². The fraction of sp³-hybridized carbons (Fsp3) is 0.143. The minimum Gasteiger partial charge on any atom is -0.496 e. The summed E-state index contributed by atoms with van der Waals surface area (Å²) in [7, 11) is 1.49. The van der Waals surface area contributed by atoms with Crippen molar-refractivity contribution in [3.63, 3.8) is 0 Å². The van der Waals surface area contributed by atoms with Crippen molar-refractivity contribution in [2.24, 2.45) is 5.10 Å². The van der Waals surface area contributed by atoms with Crippen molar-refractivity contribution in [3.8, 4) is 11.4 Å². The second-order valence-electron chi connectivity index (χ2n) is 6.48. The SMILES string of the molecule is COc1ccc(Br)cc1C(=O)NN=Cc1cc(C)n(-c2cccc([N+](=O)[O-])c2)c1C. The lowest BCUT2D eigenvalue weighted by Gasteiger charge is -2.09. The number of amides is 1. The van der Waals surface area contributed by atoms with Gasteiger partial charge in [0.2, 0.25) is 0 Å². The highest BCUT2D eigenvalue weighted by molar-refractivity contribution is 9.10. The lowest BCUT2D eigenvalue weighted by Crippen LogP contribution is -2.18. The Bertz CT molecular complexity index is 1150. The summed E-state index contributed by atoms with van der Waals surface area (Å²) in [5, 5.41) is 15.1. The van der Waals surface area contributed by atoms with Crippen LogP contribution in [0.2, 0.25) is 0 Å². The van der Waals surface area contributed by atoms with Crippen LogP contribution in [0.15, 0.2) is 58.1 Å². The Morgan fingerprint density at radius 1 is 1.23 bits per heavy atom. The number of methoxy groups -OCH3 is 1. The molecular formula is C21H19BrN4O4. The predicted octanol–water partition coefficient (Wildman–Crippen LogP) is 4.54. The molecule has 0 radical (unpaired) electrons. The van der Waals surface area contributed by atoms with Crippen LogP contribution in [0.25, 0.3) is 5.69 Å². The smallest absolute Gasteiger partial charge is 0.275 e. The van der Waals surface area contributed by atoms with Crippen LogP contribution in [0.3, 0.4) is 0 Å². The van der Waals surface area contributed by atoms with Crippen molar-refractivity contribution in [1.29, 1.82) is 0 Å². The summed E-state index contributed by atoms with van der Waals surface area (Å²) < 4.78 is 7.86. The zero-order chi connectivity index (χ0) is 21.8. The zero-order valence-electron chi connectivity index (χ0n) is 16.5. The molecule has 0 bridgehead atoms. The molecule has 0 aliphatic heterocycles. The number of aromatic nitrogens is 1. The third-order valence-electron chi connectivity index (χ3n) is 4.54. The minimum absolute atomic E-state index is 0.0189. The van der Waals surface area contributed by atoms with Crippen molar-refractivity contribution < 1.29 is 14.5 Å². The van der Waals surface area contributed by atoms with E-state index in [1.807, 2.05) is 24.5 Å². The molecule has 8 nitrogen and oxygen atoms in total. The summed E-state index contributed by atoms with van der Waals surface area (Å²) >= 11 is 3.34. The van der Waals surface area contributed by atoms with Gasteiger partial charge < -0.3 is 9.30 Å². The van der Waals surface area contributed by atoms with E-state index < -0.39 is 10.8 Å². The number of halogens is 1. The maximum atomic E-state index is 12.5. The van der Waals surface area contributed by atoms with Crippen molar-refractivity contribution in [3.05, 3.63) is 85.6 Å². The van der Waals surface area contributed by atoms with Crippen LogP contribution in [-0.4, -0.2) is 28.7 Å². The molecule has 1 aromatic heterocycles. The second-order valence-corrected chi connectivity index (χ2v) is 7.40. The molecule has 1 heterocycles. The van der Waals surface area contributed by atoms with Gasteiger partial charge in [-0.15, -0.1) is 0 Å². The summed E-state index contributed by atoms with van der Waals surface area (Å²) in [5.74, 6) is 0.0339. The Morgan fingerprint density at radius 3 is 2.70 bits per heavy atom. The number of nitro groups is 1. The molecule has 0 spiro atoms. The molecule has 9 heteroatoms. The maximum Gasteiger partial charge on any atom is 0.275 e. The van der Waals surface area contributed by atoms with Crippen LogP contribution < -0.4 is 10.2 Å². The topological polar surface area (TPSA) is 98.8 Å². The first-order chi connectivity index (χ1) is 14.3. The largest absolute Gasteiger partial charge is 0.496 e. The number of rotatable bonds is 6. The van der Waals surface area contributed by atoms with Gasteiger partial charge in [-0.3, -0.25) is 14.9 Å². The lowest BCUT2D eigenvalue weighted by molar-refractivity contribution is -0.384. The number of benzene rings is 2. The van der Waals surface area contributed by atoms with Gasteiger partial charge in [0.05, 0.1) is 29.5 Å². The molecule has 0 atom stereocenters. The average Bonchev–Trinajstić information content (AvgIpc) is 3.01. The predicted molar refractivity (Wildman–Crippen MR) is 118 cm³/mol. The van der Waals surface area contributed by atoms with Gasteiger partial charge >= 0.3 is 0 Å². The fourth-order valence-electron chi connectivity index (χ4n) is 3.14. The summed E-state index contributed by atoms with van der Waals surface area (Å²) in [6.45, 7) is 3.78. The number of aryl methyl sites for hydroxylation is 1. The molecule has 0 fully saturated rings. The average molecular weight is 471 g/mol. The quantitative estimate of drug-likeness (QED) is 0.324. The van der Waals surface area contributed by atoms with Gasteiger partial charge in [-0.2, -0.15) is 5.10 Å². The number of nitrogens with zero attached hydrogens (tertiary/aromatic N) is 3. The molecule has 1 N–H and O–H groups in total. The number of nitro benzene ring substituents is 1. The number of hydrazone groups is 1. The van der Waals surface area contributed by atoms with Gasteiger partial charge in [-0.05, 0) is 44.2 Å². The molecule has 3 rings (SSSR count). The van der Waals surface area contributed by atoms with E-state index >= 15 is 0 Å². The van der Waals surface area contributed by atoms with Gasteiger partial charge in [0, 0.05) is 33.6 Å². The number of non-ortho nitro benzene ring substituents is 1. The number of ether oxygens (including phenoxy) is 1. The molecular weight excluding hydrogens is 452 g/mol. The number of hydrogen-bond donors (Lipinski definition) is 1. The molecule has 30 heavy (non-hydrogen) atoms. The maximum absolute atomic E-state index is 12.5. The molecule has 0 saturated heterocycles. The number of carbonyl (C=O) groups is 1. The molecule has 2 aromatic carbocycles. The molecule has 0 aliphatic rings. The van der Waals surface area contributed by atoms with Gasteiger partial charge in [0.25, 0.3) is 11.6 Å². The van der Waals surface area contributed by atoms with Crippen LogP contribution in [0.5, 0.6) is 5.75 Å². The molecule has 0 aliphatic carbocycles. The third-order valence-corrected chi connectivity index (χ3v) is 5.04. The highest BCUT2D eigenvalue weighted by atomic mass is 79.9. The van der Waals surface area contributed by atoms with E-state index in [0.717, 1.165) is 21.4 Å². The van der Waals surface area contributed by atoms with Crippen LogP contribution in [-0.2, 0) is 0 Å². The van der Waals surface area contributed by atoms with E-state index in [1.54, 1.807) is 36.5 Å². The van der Waals surface area contributed by atoms with Crippen LogP contribution in [0.4, 0.5) is 5.69 Å². The highest BCUT2D eigenvalue weighted by Crippen LogP contribution is 2.24. The van der Waals surface area contributed by atoms with E-state index in [1.165, 1.54) is 19.2 Å². The van der Waals surface area contributed by atoms with Crippen molar-refractivity contribution >= 4 is 33.7 Å². The van der Waals surface area contributed by atoms with Crippen molar-refractivity contribution in [2.75, 3.05) is 7.11 Å². The Kier molecular flexibility index (Phi) is 6.31. The van der Waals surface area contributed by atoms with E-state index in [9.17, 15) is 14.9 Å². The summed E-state index contributed by atoms with van der Waals surface area (Å²) in [6.07, 6.45) is 1.54. The number of nitrogens with one attached hydrogen (secondary N) is 1. The minimum atomic E-state index is -0.425. The third kappa shape index (κ3) is 4.41. The van der Waals surface area contributed by atoms with Crippen molar-refractivity contribution in [2.45, 2.75) is 13.8 Å². The molecule has 154 valence electrons. The Labute approximate surface area is 181 Å². The van der Waals surface area contributed by atoms with Gasteiger partial charge in [-0.1, -0.05) is 22.0 Å². The number of hydrogen-bond acceptors (Lipinski definition) is 5. The van der Waals surface area contributed by atoms with Crippen LogP contribution in [0.1, 0.15) is 27.3 Å². The normalized spacial score (nSPS) is 10.9. The zero-order valence-corrected chi connectivity index (χ0v) is 18.1. The first-order valence-electron chi connectivity index (χ1n) is 8.92. The summed E-state index contributed by atoms with van der Waals surface area (Å²) in [5.41, 5.74) is 6.06. The van der Waals surface area contributed by atoms with Crippen molar-refractivity contribution in [1.82, 2.24) is 9.99 Å². The van der Waals surface area contributed by atoms with Crippen LogP contribution >= 0.6 is 15.9 Å². The van der Waals surface area contributed by atoms with E-state index in [-0.39, 0.29) is 5.69 Å². The summed E-state index contributed by atoms with van der Waals surface area (Å²) in [6, 6.07) is 13.4. The van der Waals surface area contributed by atoms with E-state index in [4.69, 9.17) is 4.74 Å². The Balaban J connectivity index is 1.83. The Morgan fingerprint density at radius 2 is 2.00 bits per heavy atom. The monoisotopic (exact) mass is 470 g/mol. The second kappa shape index (κ2) is 8.91. The summed E-state index contributed by atoms with van der Waals surface area (Å²) in [4.78, 5) is 23.1. The molecule has 0 unspecified atom stereocenters. The molecule has 3 aromatic rings. The highest BCUT2D eigenvalue weighted by Gasteiger charge is 2.14. The molecule has 1 amide bonds.